The van der Waals surface area contributed by atoms with Crippen molar-refractivity contribution < 1.29 is 13.6 Å². The van der Waals surface area contributed by atoms with Gasteiger partial charge in [-0.15, -0.1) is 0 Å². The topological polar surface area (TPSA) is 80.9 Å². The minimum atomic E-state index is -1.14. The van der Waals surface area contributed by atoms with E-state index in [1.807, 2.05) is 13.8 Å². The Balaban J connectivity index is 2.32. The van der Waals surface area contributed by atoms with Gasteiger partial charge in [0.15, 0.2) is 17.3 Å². The third-order valence-corrected chi connectivity index (χ3v) is 2.77. The minimum Gasteiger partial charge on any atom is -0.396 e. The second-order valence-corrected chi connectivity index (χ2v) is 4.74. The summed E-state index contributed by atoms with van der Waals surface area (Å²) in [5.74, 6) is -2.47. The molecule has 3 N–H and O–H groups in total. The molecule has 0 atom stereocenters. The van der Waals surface area contributed by atoms with Crippen molar-refractivity contribution >= 4 is 17.3 Å². The van der Waals surface area contributed by atoms with Crippen molar-refractivity contribution in [2.75, 3.05) is 11.1 Å². The highest BCUT2D eigenvalue weighted by Gasteiger charge is 2.17. The molecule has 110 valence electrons. The number of nitrogens with zero attached hydrogens (tertiary/aromatic N) is 2. The molecule has 0 spiro atoms. The number of nitrogens with one attached hydrogen (secondary N) is 1. The Morgan fingerprint density at radius 3 is 2.71 bits per heavy atom. The fourth-order valence-electron chi connectivity index (χ4n) is 1.65. The number of carbonyl (C=O) groups excluding carboxylic acids is 1. The summed E-state index contributed by atoms with van der Waals surface area (Å²) in [4.78, 5) is 20.2. The molecule has 2 aromatic rings. The van der Waals surface area contributed by atoms with Gasteiger partial charge >= 0.3 is 0 Å². The number of nitrogen functional groups attached to an aromatic ring is 1. The van der Waals surface area contributed by atoms with E-state index < -0.39 is 17.5 Å². The normalized spacial score (nSPS) is 10.7. The predicted molar refractivity (Wildman–Crippen MR) is 74.8 cm³/mol. The lowest BCUT2D eigenvalue weighted by Crippen LogP contribution is -2.18. The van der Waals surface area contributed by atoms with Crippen molar-refractivity contribution in [1.29, 1.82) is 0 Å². The molecular weight excluding hydrogens is 278 g/mol. The first kappa shape index (κ1) is 14.8. The molecule has 1 amide bonds. The highest BCUT2D eigenvalue weighted by atomic mass is 19.2. The first-order valence-corrected chi connectivity index (χ1v) is 6.28. The summed E-state index contributed by atoms with van der Waals surface area (Å²) in [5, 5.41) is 2.25. The van der Waals surface area contributed by atoms with Crippen molar-refractivity contribution in [3.63, 3.8) is 0 Å². The Hall–Kier alpha value is -2.57. The number of amides is 1. The summed E-state index contributed by atoms with van der Waals surface area (Å²) in [6, 6.07) is 3.49. The number of hydrogen-bond acceptors (Lipinski definition) is 4. The summed E-state index contributed by atoms with van der Waals surface area (Å²) >= 11 is 0. The Kier molecular flexibility index (Phi) is 4.11. The van der Waals surface area contributed by atoms with Gasteiger partial charge in [0.1, 0.15) is 5.82 Å². The first-order chi connectivity index (χ1) is 9.90. The Bertz CT molecular complexity index is 689. The van der Waals surface area contributed by atoms with Crippen LogP contribution in [0.15, 0.2) is 24.4 Å². The van der Waals surface area contributed by atoms with Gasteiger partial charge in [0.2, 0.25) is 0 Å². The van der Waals surface area contributed by atoms with Crippen molar-refractivity contribution in [2.24, 2.45) is 0 Å². The van der Waals surface area contributed by atoms with Crippen LogP contribution in [0.5, 0.6) is 0 Å². The van der Waals surface area contributed by atoms with E-state index in [2.05, 4.69) is 15.3 Å². The van der Waals surface area contributed by atoms with E-state index in [4.69, 9.17) is 5.73 Å². The van der Waals surface area contributed by atoms with Gasteiger partial charge < -0.3 is 11.1 Å². The number of aromatic nitrogens is 2. The van der Waals surface area contributed by atoms with Crippen LogP contribution >= 0.6 is 0 Å². The lowest BCUT2D eigenvalue weighted by Gasteiger charge is -2.10. The minimum absolute atomic E-state index is 0.00283. The van der Waals surface area contributed by atoms with E-state index in [0.29, 0.717) is 5.82 Å². The Morgan fingerprint density at radius 1 is 1.33 bits per heavy atom. The zero-order valence-electron chi connectivity index (χ0n) is 11.5. The van der Waals surface area contributed by atoms with Crippen LogP contribution in [0.3, 0.4) is 0 Å². The van der Waals surface area contributed by atoms with Gasteiger partial charge in [-0.3, -0.25) is 4.79 Å². The number of anilines is 2. The second kappa shape index (κ2) is 5.82. The molecule has 21 heavy (non-hydrogen) atoms. The number of hydrogen-bond donors (Lipinski definition) is 2. The first-order valence-electron chi connectivity index (χ1n) is 6.28. The van der Waals surface area contributed by atoms with E-state index in [0.717, 1.165) is 6.07 Å². The van der Waals surface area contributed by atoms with Crippen LogP contribution < -0.4 is 11.1 Å². The standard InChI is InChI=1S/C14H14F2N4O/c1-7(2)13-18-6-9(17)12(20-13)14(21)19-10-5-3-4-8(15)11(10)16/h3-7H,17H2,1-2H3,(H,19,21). The second-order valence-electron chi connectivity index (χ2n) is 4.74. The Morgan fingerprint density at radius 2 is 2.05 bits per heavy atom. The van der Waals surface area contributed by atoms with Gasteiger partial charge in [-0.2, -0.15) is 0 Å². The number of halogens is 2. The van der Waals surface area contributed by atoms with Crippen molar-refractivity contribution in [3.05, 3.63) is 47.5 Å². The van der Waals surface area contributed by atoms with E-state index in [1.165, 1.54) is 18.3 Å². The fourth-order valence-corrected chi connectivity index (χ4v) is 1.65. The van der Waals surface area contributed by atoms with Gasteiger partial charge in [0.05, 0.1) is 17.6 Å². The molecule has 0 saturated carbocycles. The van der Waals surface area contributed by atoms with Crippen molar-refractivity contribution in [2.45, 2.75) is 19.8 Å². The highest BCUT2D eigenvalue weighted by molar-refractivity contribution is 6.06. The quantitative estimate of drug-likeness (QED) is 0.911. The molecular formula is C14H14F2N4O. The molecule has 5 nitrogen and oxygen atoms in total. The van der Waals surface area contributed by atoms with Crippen molar-refractivity contribution in [3.8, 4) is 0 Å². The summed E-state index contributed by atoms with van der Waals surface area (Å²) in [5.41, 5.74) is 5.38. The molecule has 1 aromatic heterocycles. The number of rotatable bonds is 3. The third kappa shape index (κ3) is 3.13. The van der Waals surface area contributed by atoms with E-state index in [1.54, 1.807) is 0 Å². The Labute approximate surface area is 120 Å². The molecule has 0 aliphatic heterocycles. The van der Waals surface area contributed by atoms with E-state index in [9.17, 15) is 13.6 Å². The van der Waals surface area contributed by atoms with Crippen LogP contribution in [0.4, 0.5) is 20.2 Å². The number of benzene rings is 1. The maximum atomic E-state index is 13.5. The molecule has 0 radical (unpaired) electrons. The number of carbonyl (C=O) groups is 1. The van der Waals surface area contributed by atoms with Crippen LogP contribution in [0, 0.1) is 11.6 Å². The van der Waals surface area contributed by atoms with Crippen LogP contribution in [-0.2, 0) is 0 Å². The maximum absolute atomic E-state index is 13.5. The monoisotopic (exact) mass is 292 g/mol. The zero-order chi connectivity index (χ0) is 15.6. The molecule has 0 bridgehead atoms. The molecule has 1 aromatic carbocycles. The molecule has 2 rings (SSSR count). The summed E-state index contributed by atoms with van der Waals surface area (Å²) in [6.45, 7) is 3.72. The summed E-state index contributed by atoms with van der Waals surface area (Å²) in [7, 11) is 0. The molecule has 1 heterocycles. The molecule has 0 aliphatic rings. The van der Waals surface area contributed by atoms with Crippen LogP contribution in [0.1, 0.15) is 36.1 Å². The lowest BCUT2D eigenvalue weighted by atomic mass is 10.2. The molecule has 0 unspecified atom stereocenters. The molecule has 0 fully saturated rings. The molecule has 7 heteroatoms. The highest BCUT2D eigenvalue weighted by Crippen LogP contribution is 2.19. The van der Waals surface area contributed by atoms with Crippen LogP contribution in [0.2, 0.25) is 0 Å². The zero-order valence-corrected chi connectivity index (χ0v) is 11.5. The number of nitrogens with two attached hydrogens (primary N) is 1. The van der Waals surface area contributed by atoms with Crippen molar-refractivity contribution in [1.82, 2.24) is 9.97 Å². The average Bonchev–Trinajstić information content (AvgIpc) is 2.44. The van der Waals surface area contributed by atoms with E-state index >= 15 is 0 Å². The molecule has 0 aliphatic carbocycles. The van der Waals surface area contributed by atoms with Crippen LogP contribution in [-0.4, -0.2) is 15.9 Å². The predicted octanol–water partition coefficient (Wildman–Crippen LogP) is 2.71. The SMILES string of the molecule is CC(C)c1ncc(N)c(C(=O)Nc2cccc(F)c2F)n1. The fraction of sp³-hybridized carbons (Fsp3) is 0.214. The third-order valence-electron chi connectivity index (χ3n) is 2.77. The van der Waals surface area contributed by atoms with Gasteiger partial charge in [-0.1, -0.05) is 19.9 Å². The lowest BCUT2D eigenvalue weighted by molar-refractivity contribution is 0.102. The largest absolute Gasteiger partial charge is 0.396 e. The maximum Gasteiger partial charge on any atom is 0.276 e. The summed E-state index contributed by atoms with van der Waals surface area (Å²) < 4.78 is 26.6. The molecule has 0 saturated heterocycles. The van der Waals surface area contributed by atoms with Gasteiger partial charge in [-0.05, 0) is 12.1 Å². The average molecular weight is 292 g/mol. The van der Waals surface area contributed by atoms with Gasteiger partial charge in [0.25, 0.3) is 5.91 Å². The van der Waals surface area contributed by atoms with E-state index in [-0.39, 0.29) is 23.0 Å². The van der Waals surface area contributed by atoms with Gasteiger partial charge in [-0.25, -0.2) is 18.7 Å². The smallest absolute Gasteiger partial charge is 0.276 e. The van der Waals surface area contributed by atoms with Gasteiger partial charge in [0, 0.05) is 5.92 Å². The summed E-state index contributed by atoms with van der Waals surface area (Å²) in [6.07, 6.45) is 1.32. The van der Waals surface area contributed by atoms with Crippen LogP contribution in [0.25, 0.3) is 0 Å².